The predicted molar refractivity (Wildman–Crippen MR) is 75.3 cm³/mol. The molecule has 1 aromatic rings. The molecule has 3 nitrogen and oxygen atoms in total. The first-order valence-corrected chi connectivity index (χ1v) is 7.46. The molecule has 1 unspecified atom stereocenters. The summed E-state index contributed by atoms with van der Waals surface area (Å²) in [4.78, 5) is 2.73. The molecule has 0 spiro atoms. The Bertz CT molecular complexity index is 372. The van der Waals surface area contributed by atoms with Crippen LogP contribution in [-0.4, -0.2) is 32.5 Å². The van der Waals surface area contributed by atoms with Gasteiger partial charge in [0.05, 0.1) is 11.6 Å². The fourth-order valence-corrected chi connectivity index (χ4v) is 3.75. The summed E-state index contributed by atoms with van der Waals surface area (Å²) in [6.07, 6.45) is 1.91. The van der Waals surface area contributed by atoms with Crippen molar-refractivity contribution in [3.8, 4) is 0 Å². The Balaban J connectivity index is 2.26. The van der Waals surface area contributed by atoms with Crippen LogP contribution in [-0.2, 0) is 9.47 Å². The fraction of sp³-hybridized carbons (Fsp3) is 0.714. The Morgan fingerprint density at radius 1 is 1.44 bits per heavy atom. The number of methoxy groups -OCH3 is 1. The molecule has 0 radical (unpaired) electrons. The molecule has 0 amide bonds. The second-order valence-electron chi connectivity index (χ2n) is 4.82. The normalized spacial score (nSPS) is 20.8. The number of nitrogens with one attached hydrogen (secondary N) is 1. The first-order chi connectivity index (χ1) is 8.72. The quantitative estimate of drug-likeness (QED) is 0.891. The highest BCUT2D eigenvalue weighted by Crippen LogP contribution is 2.39. The average Bonchev–Trinajstić information content (AvgIpc) is 2.83. The van der Waals surface area contributed by atoms with Crippen LogP contribution in [0.2, 0.25) is 0 Å². The van der Waals surface area contributed by atoms with Crippen molar-refractivity contribution in [2.75, 3.05) is 26.9 Å². The van der Waals surface area contributed by atoms with Gasteiger partial charge in [0.2, 0.25) is 0 Å². The second-order valence-corrected chi connectivity index (χ2v) is 6.14. The summed E-state index contributed by atoms with van der Waals surface area (Å²) in [5, 5.41) is 3.60. The molecule has 1 aliphatic rings. The number of hydrogen-bond acceptors (Lipinski definition) is 4. The number of likely N-dealkylation sites (N-methyl/N-ethyl adjacent to an activating group) is 1. The lowest BCUT2D eigenvalue weighted by Gasteiger charge is -2.42. The first kappa shape index (κ1) is 14.0. The van der Waals surface area contributed by atoms with Crippen molar-refractivity contribution >= 4 is 11.3 Å². The van der Waals surface area contributed by atoms with Gasteiger partial charge in [0.15, 0.2) is 0 Å². The predicted octanol–water partition coefficient (Wildman–Crippen LogP) is 2.90. The average molecular weight is 269 g/mol. The van der Waals surface area contributed by atoms with Gasteiger partial charge in [0.25, 0.3) is 0 Å². The van der Waals surface area contributed by atoms with E-state index in [2.05, 4.69) is 31.3 Å². The van der Waals surface area contributed by atoms with Crippen molar-refractivity contribution in [3.05, 3.63) is 21.9 Å². The highest BCUT2D eigenvalue weighted by atomic mass is 32.1. The van der Waals surface area contributed by atoms with Gasteiger partial charge in [-0.15, -0.1) is 11.3 Å². The molecule has 1 N–H and O–H groups in total. The number of thiophene rings is 1. The lowest BCUT2D eigenvalue weighted by molar-refractivity contribution is -0.110. The Labute approximate surface area is 113 Å². The van der Waals surface area contributed by atoms with Crippen molar-refractivity contribution in [2.24, 2.45) is 0 Å². The molecule has 1 aliphatic heterocycles. The summed E-state index contributed by atoms with van der Waals surface area (Å²) in [5.74, 6) is 0. The van der Waals surface area contributed by atoms with Crippen LogP contribution in [0.4, 0.5) is 0 Å². The zero-order valence-electron chi connectivity index (χ0n) is 11.5. The highest BCUT2D eigenvalue weighted by molar-refractivity contribution is 7.12. The van der Waals surface area contributed by atoms with E-state index in [1.54, 1.807) is 0 Å². The van der Waals surface area contributed by atoms with Crippen molar-refractivity contribution < 1.29 is 9.47 Å². The third-order valence-electron chi connectivity index (χ3n) is 3.73. The molecule has 0 saturated carbocycles. The topological polar surface area (TPSA) is 30.5 Å². The smallest absolute Gasteiger partial charge is 0.0924 e. The minimum atomic E-state index is -0.119. The van der Waals surface area contributed by atoms with Crippen LogP contribution in [0, 0.1) is 6.92 Å². The van der Waals surface area contributed by atoms with E-state index in [0.717, 1.165) is 32.6 Å². The van der Waals surface area contributed by atoms with Gasteiger partial charge in [0, 0.05) is 42.9 Å². The Morgan fingerprint density at radius 3 is 2.67 bits per heavy atom. The summed E-state index contributed by atoms with van der Waals surface area (Å²) in [6, 6.07) is 4.69. The van der Waals surface area contributed by atoms with Crippen molar-refractivity contribution in [1.82, 2.24) is 5.32 Å². The molecule has 4 heteroatoms. The largest absolute Gasteiger partial charge is 0.381 e. The third-order valence-corrected chi connectivity index (χ3v) is 4.79. The molecule has 102 valence electrons. The molecule has 2 heterocycles. The van der Waals surface area contributed by atoms with E-state index >= 15 is 0 Å². The van der Waals surface area contributed by atoms with E-state index < -0.39 is 0 Å². The van der Waals surface area contributed by atoms with Crippen LogP contribution >= 0.6 is 11.3 Å². The lowest BCUT2D eigenvalue weighted by Crippen LogP contribution is -2.49. The van der Waals surface area contributed by atoms with E-state index in [1.807, 2.05) is 18.4 Å². The van der Waals surface area contributed by atoms with Crippen LogP contribution < -0.4 is 5.32 Å². The minimum absolute atomic E-state index is 0.119. The molecule has 0 bridgehead atoms. The first-order valence-electron chi connectivity index (χ1n) is 6.64. The fourth-order valence-electron chi connectivity index (χ4n) is 2.69. The van der Waals surface area contributed by atoms with Gasteiger partial charge in [-0.2, -0.15) is 0 Å². The molecule has 1 fully saturated rings. The Kier molecular flexibility index (Phi) is 4.78. The van der Waals surface area contributed by atoms with Gasteiger partial charge >= 0.3 is 0 Å². The molecular formula is C14H23NO2S. The summed E-state index contributed by atoms with van der Waals surface area (Å²) in [6.45, 7) is 6.84. The Morgan fingerprint density at radius 2 is 2.17 bits per heavy atom. The number of hydrogen-bond donors (Lipinski definition) is 1. The summed E-state index contributed by atoms with van der Waals surface area (Å²) < 4.78 is 11.4. The molecule has 0 aliphatic carbocycles. The molecule has 0 aromatic carbocycles. The summed E-state index contributed by atoms with van der Waals surface area (Å²) in [7, 11) is 1.83. The van der Waals surface area contributed by atoms with Crippen LogP contribution in [0.3, 0.4) is 0 Å². The molecule has 1 atom stereocenters. The van der Waals surface area contributed by atoms with E-state index in [4.69, 9.17) is 9.47 Å². The number of ether oxygens (including phenoxy) is 2. The van der Waals surface area contributed by atoms with Crippen LogP contribution in [0.5, 0.6) is 0 Å². The molecule has 1 aromatic heterocycles. The maximum Gasteiger partial charge on any atom is 0.0924 e. The number of aryl methyl sites for hydroxylation is 1. The van der Waals surface area contributed by atoms with E-state index in [9.17, 15) is 0 Å². The zero-order valence-corrected chi connectivity index (χ0v) is 12.3. The molecule has 2 rings (SSSR count). The minimum Gasteiger partial charge on any atom is -0.381 e. The van der Waals surface area contributed by atoms with E-state index in [-0.39, 0.29) is 11.6 Å². The standard InChI is InChI=1S/C14H23NO2S/c1-4-15-13(12-6-5-11(2)18-12)14(16-3)7-9-17-10-8-14/h5-6,13,15H,4,7-10H2,1-3H3. The number of rotatable bonds is 5. The molecule has 18 heavy (non-hydrogen) atoms. The summed E-state index contributed by atoms with van der Waals surface area (Å²) in [5.41, 5.74) is -0.119. The Hall–Kier alpha value is -0.420. The third kappa shape index (κ3) is 2.77. The van der Waals surface area contributed by atoms with Gasteiger partial charge in [0.1, 0.15) is 0 Å². The van der Waals surface area contributed by atoms with Gasteiger partial charge in [-0.1, -0.05) is 6.92 Å². The highest BCUT2D eigenvalue weighted by Gasteiger charge is 2.41. The lowest BCUT2D eigenvalue weighted by atomic mass is 9.85. The SMILES string of the molecule is CCNC(c1ccc(C)s1)C1(OC)CCOCC1. The van der Waals surface area contributed by atoms with E-state index in [0.29, 0.717) is 0 Å². The van der Waals surface area contributed by atoms with E-state index in [1.165, 1.54) is 9.75 Å². The maximum absolute atomic E-state index is 5.92. The van der Waals surface area contributed by atoms with Crippen molar-refractivity contribution in [1.29, 1.82) is 0 Å². The zero-order chi connectivity index (χ0) is 13.0. The van der Waals surface area contributed by atoms with Crippen molar-refractivity contribution in [3.63, 3.8) is 0 Å². The van der Waals surface area contributed by atoms with Gasteiger partial charge in [-0.05, 0) is 25.6 Å². The maximum atomic E-state index is 5.92. The van der Waals surface area contributed by atoms with Gasteiger partial charge in [-0.3, -0.25) is 0 Å². The molecular weight excluding hydrogens is 246 g/mol. The second kappa shape index (κ2) is 6.15. The van der Waals surface area contributed by atoms with Crippen LogP contribution in [0.25, 0.3) is 0 Å². The van der Waals surface area contributed by atoms with Crippen molar-refractivity contribution in [2.45, 2.75) is 38.3 Å². The van der Waals surface area contributed by atoms with Crippen LogP contribution in [0.1, 0.15) is 35.6 Å². The van der Waals surface area contributed by atoms with Gasteiger partial charge < -0.3 is 14.8 Å². The molecule has 1 saturated heterocycles. The summed E-state index contributed by atoms with van der Waals surface area (Å²) >= 11 is 1.86. The van der Waals surface area contributed by atoms with Gasteiger partial charge in [-0.25, -0.2) is 0 Å². The van der Waals surface area contributed by atoms with Crippen LogP contribution in [0.15, 0.2) is 12.1 Å². The monoisotopic (exact) mass is 269 g/mol.